The van der Waals surface area contributed by atoms with Gasteiger partial charge in [-0.2, -0.15) is 0 Å². The van der Waals surface area contributed by atoms with E-state index in [1.165, 1.54) is 0 Å². The lowest BCUT2D eigenvalue weighted by Gasteiger charge is -2.50. The number of aryl methyl sites for hydroxylation is 1. The predicted molar refractivity (Wildman–Crippen MR) is 122 cm³/mol. The van der Waals surface area contributed by atoms with E-state index in [0.29, 0.717) is 0 Å². The molecule has 4 nitrogen and oxygen atoms in total. The zero-order valence-electron chi connectivity index (χ0n) is 19.0. The Morgan fingerprint density at radius 1 is 0.833 bits per heavy atom. The van der Waals surface area contributed by atoms with E-state index in [0.717, 1.165) is 45.6 Å². The highest BCUT2D eigenvalue weighted by Gasteiger charge is 2.57. The maximum atomic E-state index is 6.19. The molecule has 0 aromatic heterocycles. The Kier molecular flexibility index (Phi) is 6.51. The molecule has 1 aliphatic carbocycles. The summed E-state index contributed by atoms with van der Waals surface area (Å²) in [6, 6.07) is 16.5. The van der Waals surface area contributed by atoms with Gasteiger partial charge in [0.1, 0.15) is 11.4 Å². The maximum Gasteiger partial charge on any atom is 0.229 e. The van der Waals surface area contributed by atoms with E-state index < -0.39 is 11.4 Å². The van der Waals surface area contributed by atoms with Gasteiger partial charge in [0.2, 0.25) is 5.79 Å². The lowest BCUT2D eigenvalue weighted by molar-refractivity contribution is -0.254. The molecule has 0 bridgehead atoms. The van der Waals surface area contributed by atoms with Crippen molar-refractivity contribution >= 4 is 11.1 Å². The van der Waals surface area contributed by atoms with Crippen LogP contribution in [0.4, 0.5) is 0 Å². The van der Waals surface area contributed by atoms with E-state index >= 15 is 0 Å². The minimum Gasteiger partial charge on any atom is -0.496 e. The minimum atomic E-state index is -1.12. The van der Waals surface area contributed by atoms with Gasteiger partial charge >= 0.3 is 0 Å². The van der Waals surface area contributed by atoms with Crippen LogP contribution in [-0.4, -0.2) is 39.8 Å². The van der Waals surface area contributed by atoms with Crippen molar-refractivity contribution in [1.29, 1.82) is 0 Å². The summed E-state index contributed by atoms with van der Waals surface area (Å²) in [4.78, 5) is 0. The first-order chi connectivity index (χ1) is 14.4. The van der Waals surface area contributed by atoms with Gasteiger partial charge in [-0.1, -0.05) is 49.4 Å². The second kappa shape index (κ2) is 8.76. The summed E-state index contributed by atoms with van der Waals surface area (Å²) in [5.41, 5.74) is 5.50. The quantitative estimate of drug-likeness (QED) is 0.554. The van der Waals surface area contributed by atoms with Gasteiger partial charge in [0.25, 0.3) is 0 Å². The van der Waals surface area contributed by atoms with E-state index in [1.807, 2.05) is 31.2 Å². The highest BCUT2D eigenvalue weighted by molar-refractivity contribution is 6.01. The SMILES string of the molecule is CCC1=CC(c2ccc(OC)c(C)c2)=C(c2ccccc2)C(OC)(OC)C1(C)OC. The molecule has 0 aliphatic heterocycles. The molecule has 1 aliphatic rings. The fourth-order valence-electron chi connectivity index (χ4n) is 4.62. The van der Waals surface area contributed by atoms with Crippen LogP contribution in [0.5, 0.6) is 5.75 Å². The van der Waals surface area contributed by atoms with Crippen LogP contribution in [0, 0.1) is 6.92 Å². The van der Waals surface area contributed by atoms with Crippen LogP contribution in [0.25, 0.3) is 11.1 Å². The molecule has 30 heavy (non-hydrogen) atoms. The van der Waals surface area contributed by atoms with E-state index in [9.17, 15) is 0 Å². The largest absolute Gasteiger partial charge is 0.496 e. The summed E-state index contributed by atoms with van der Waals surface area (Å²) in [5, 5.41) is 0. The highest BCUT2D eigenvalue weighted by Crippen LogP contribution is 2.53. The molecule has 0 amide bonds. The number of methoxy groups -OCH3 is 4. The number of allylic oxidation sites excluding steroid dienone is 2. The molecule has 2 aromatic rings. The van der Waals surface area contributed by atoms with Crippen molar-refractivity contribution in [2.45, 2.75) is 38.6 Å². The van der Waals surface area contributed by atoms with Crippen molar-refractivity contribution in [2.24, 2.45) is 0 Å². The van der Waals surface area contributed by atoms with Gasteiger partial charge in [-0.15, -0.1) is 0 Å². The molecule has 0 fully saturated rings. The number of ether oxygens (including phenoxy) is 4. The van der Waals surface area contributed by atoms with Crippen molar-refractivity contribution in [3.8, 4) is 5.75 Å². The van der Waals surface area contributed by atoms with Crippen LogP contribution in [-0.2, 0) is 14.2 Å². The summed E-state index contributed by atoms with van der Waals surface area (Å²) in [7, 11) is 6.76. The van der Waals surface area contributed by atoms with Crippen molar-refractivity contribution in [3.63, 3.8) is 0 Å². The van der Waals surface area contributed by atoms with Crippen LogP contribution in [0.2, 0.25) is 0 Å². The molecule has 4 heteroatoms. The van der Waals surface area contributed by atoms with Gasteiger partial charge in [-0.3, -0.25) is 0 Å². The predicted octanol–water partition coefficient (Wildman–Crippen LogP) is 5.66. The Bertz CT molecular complexity index is 954. The Morgan fingerprint density at radius 3 is 2.00 bits per heavy atom. The Balaban J connectivity index is 2.44. The smallest absolute Gasteiger partial charge is 0.229 e. The first-order valence-electron chi connectivity index (χ1n) is 10.2. The normalized spacial score (nSPS) is 20.8. The zero-order valence-corrected chi connectivity index (χ0v) is 19.0. The summed E-state index contributed by atoms with van der Waals surface area (Å²) in [5.74, 6) is -0.255. The Morgan fingerprint density at radius 2 is 1.50 bits per heavy atom. The van der Waals surface area contributed by atoms with Crippen molar-refractivity contribution in [3.05, 3.63) is 76.9 Å². The monoisotopic (exact) mass is 408 g/mol. The molecule has 0 saturated heterocycles. The summed E-state index contributed by atoms with van der Waals surface area (Å²) < 4.78 is 24.0. The number of benzene rings is 2. The summed E-state index contributed by atoms with van der Waals surface area (Å²) >= 11 is 0. The topological polar surface area (TPSA) is 36.9 Å². The van der Waals surface area contributed by atoms with Gasteiger partial charge in [0, 0.05) is 26.9 Å². The van der Waals surface area contributed by atoms with Gasteiger partial charge in [0.05, 0.1) is 7.11 Å². The van der Waals surface area contributed by atoms with Gasteiger partial charge in [-0.25, -0.2) is 0 Å². The molecule has 0 saturated carbocycles. The molecule has 0 spiro atoms. The van der Waals surface area contributed by atoms with Gasteiger partial charge < -0.3 is 18.9 Å². The summed E-state index contributed by atoms with van der Waals surface area (Å²) in [6.45, 7) is 6.22. The molecule has 160 valence electrons. The second-order valence-electron chi connectivity index (χ2n) is 7.62. The van der Waals surface area contributed by atoms with E-state index in [1.54, 1.807) is 28.4 Å². The lowest BCUT2D eigenvalue weighted by Crippen LogP contribution is -2.59. The molecule has 1 atom stereocenters. The number of hydrogen-bond donors (Lipinski definition) is 0. The Labute approximate surface area is 180 Å². The lowest BCUT2D eigenvalue weighted by atomic mass is 9.71. The third-order valence-corrected chi connectivity index (χ3v) is 6.29. The minimum absolute atomic E-state index is 0.790. The average Bonchev–Trinajstić information content (AvgIpc) is 2.79. The Hall–Kier alpha value is -2.40. The van der Waals surface area contributed by atoms with Crippen molar-refractivity contribution in [1.82, 2.24) is 0 Å². The molecule has 3 rings (SSSR count). The van der Waals surface area contributed by atoms with Crippen LogP contribution in [0.15, 0.2) is 60.2 Å². The molecular weight excluding hydrogens is 376 g/mol. The number of rotatable bonds is 7. The summed E-state index contributed by atoms with van der Waals surface area (Å²) in [6.07, 6.45) is 3.03. The molecule has 0 N–H and O–H groups in total. The van der Waals surface area contributed by atoms with Crippen LogP contribution >= 0.6 is 0 Å². The second-order valence-corrected chi connectivity index (χ2v) is 7.62. The third kappa shape index (κ3) is 3.29. The molecule has 0 radical (unpaired) electrons. The number of hydrogen-bond acceptors (Lipinski definition) is 4. The first kappa shape index (κ1) is 22.3. The third-order valence-electron chi connectivity index (χ3n) is 6.29. The standard InChI is InChI=1S/C26H32O4/c1-8-21-17-22(20-14-15-23(27-4)18(2)16-20)24(19-12-10-9-11-13-19)26(29-6,30-7)25(21,3)28-5/h9-17H,8H2,1-7H3. The highest BCUT2D eigenvalue weighted by atomic mass is 16.7. The average molecular weight is 409 g/mol. The van der Waals surface area contributed by atoms with Crippen molar-refractivity contribution in [2.75, 3.05) is 28.4 Å². The fraction of sp³-hybridized carbons (Fsp3) is 0.385. The molecular formula is C26H32O4. The van der Waals surface area contributed by atoms with Crippen molar-refractivity contribution < 1.29 is 18.9 Å². The van der Waals surface area contributed by atoms with E-state index in [2.05, 4.69) is 44.2 Å². The molecule has 1 unspecified atom stereocenters. The fourth-order valence-corrected chi connectivity index (χ4v) is 4.62. The molecule has 0 heterocycles. The van der Waals surface area contributed by atoms with Crippen LogP contribution < -0.4 is 4.74 Å². The van der Waals surface area contributed by atoms with Crippen LogP contribution in [0.3, 0.4) is 0 Å². The zero-order chi connectivity index (χ0) is 21.9. The van der Waals surface area contributed by atoms with E-state index in [4.69, 9.17) is 18.9 Å². The maximum absolute atomic E-state index is 6.19. The van der Waals surface area contributed by atoms with Gasteiger partial charge in [0.15, 0.2) is 0 Å². The van der Waals surface area contributed by atoms with E-state index in [-0.39, 0.29) is 0 Å². The first-order valence-corrected chi connectivity index (χ1v) is 10.2. The molecule has 2 aromatic carbocycles. The van der Waals surface area contributed by atoms with Crippen LogP contribution in [0.1, 0.15) is 37.0 Å². The van der Waals surface area contributed by atoms with Gasteiger partial charge in [-0.05, 0) is 60.2 Å².